The van der Waals surface area contributed by atoms with Gasteiger partial charge in [0.1, 0.15) is 0 Å². The first kappa shape index (κ1) is 34.2. The van der Waals surface area contributed by atoms with Crippen molar-refractivity contribution in [3.05, 3.63) is 106 Å². The fourth-order valence-electron chi connectivity index (χ4n) is 7.67. The fourth-order valence-corrected chi connectivity index (χ4v) is 24.6. The standard InChI is InChI=1S/C30H41.C12H9Si.2ClH.Zr/c1-10-12-21-13-14-22-15-23(20(3)11-2)18-27(22)28(21)24-16-25(29(4,5)6)19-26(17-24)30(7,8)9;1-3-7-11-9(5-1)10-6-2-4-8-12(10)13-11;;;/h13-20H,10-12H2,1-9H3;1-7H,13H2;2*1H;/q;;;;+2/p-2. The summed E-state index contributed by atoms with van der Waals surface area (Å²) in [4.78, 5) is 0. The molecule has 0 fully saturated rings. The van der Waals surface area contributed by atoms with Crippen LogP contribution in [0.2, 0.25) is 0 Å². The van der Waals surface area contributed by atoms with Gasteiger partial charge in [-0.25, -0.2) is 0 Å². The van der Waals surface area contributed by atoms with Crippen LogP contribution in [0.25, 0.3) is 28.3 Å². The fraction of sp³-hybridized carbons (Fsp3) is 0.381. The molecule has 4 heteroatoms. The van der Waals surface area contributed by atoms with E-state index in [4.69, 9.17) is 17.0 Å². The van der Waals surface area contributed by atoms with Crippen molar-refractivity contribution in [2.45, 2.75) is 96.0 Å². The van der Waals surface area contributed by atoms with Crippen LogP contribution in [0.5, 0.6) is 0 Å². The number of rotatable bonds is 7. The molecule has 46 heavy (non-hydrogen) atoms. The van der Waals surface area contributed by atoms with Crippen molar-refractivity contribution in [3.8, 4) is 22.3 Å². The molecule has 0 nitrogen and oxygen atoms in total. The Balaban J connectivity index is 1.60. The molecular formula is C42H50Cl2SiZr. The minimum absolute atomic E-state index is 0.0478. The molecule has 0 bridgehead atoms. The van der Waals surface area contributed by atoms with Crippen LogP contribution in [0.1, 0.15) is 107 Å². The van der Waals surface area contributed by atoms with Crippen molar-refractivity contribution >= 4 is 46.3 Å². The summed E-state index contributed by atoms with van der Waals surface area (Å²) in [6.45, 7) is 21.0. The van der Waals surface area contributed by atoms with Gasteiger partial charge in [-0.1, -0.05) is 0 Å². The molecule has 6 rings (SSSR count). The Morgan fingerprint density at radius 3 is 2.09 bits per heavy atom. The van der Waals surface area contributed by atoms with Gasteiger partial charge >= 0.3 is 295 Å². The van der Waals surface area contributed by atoms with Crippen molar-refractivity contribution in [3.63, 3.8) is 0 Å². The van der Waals surface area contributed by atoms with Gasteiger partial charge in [-0.2, -0.15) is 0 Å². The summed E-state index contributed by atoms with van der Waals surface area (Å²) >= 11 is -4.08. The third-order valence-corrected chi connectivity index (χ3v) is 24.8. The maximum absolute atomic E-state index is 8.04. The molecule has 4 aromatic rings. The van der Waals surface area contributed by atoms with E-state index in [1.807, 2.05) is 0 Å². The van der Waals surface area contributed by atoms with Gasteiger partial charge < -0.3 is 0 Å². The summed E-state index contributed by atoms with van der Waals surface area (Å²) in [7, 11) is 15.4. The van der Waals surface area contributed by atoms with E-state index < -0.39 is 27.4 Å². The monoisotopic (exact) mass is 742 g/mol. The number of hydrogen-bond acceptors (Lipinski definition) is 0. The molecule has 4 aromatic carbocycles. The summed E-state index contributed by atoms with van der Waals surface area (Å²) < 4.78 is 1.41. The zero-order chi connectivity index (χ0) is 33.2. The molecule has 2 atom stereocenters. The first-order valence-corrected chi connectivity index (χ1v) is 27.7. The summed E-state index contributed by atoms with van der Waals surface area (Å²) in [5.74, 6) is 0.408. The topological polar surface area (TPSA) is 0 Å². The predicted octanol–water partition coefficient (Wildman–Crippen LogP) is 10.3. The van der Waals surface area contributed by atoms with Gasteiger partial charge in [0.2, 0.25) is 0 Å². The van der Waals surface area contributed by atoms with E-state index in [1.54, 1.807) is 0 Å². The van der Waals surface area contributed by atoms with E-state index in [-0.39, 0.29) is 14.5 Å². The molecule has 1 heterocycles. The molecule has 1 aliphatic carbocycles. The molecule has 0 saturated heterocycles. The van der Waals surface area contributed by atoms with Crippen LogP contribution >= 0.6 is 17.0 Å². The maximum atomic E-state index is 8.04. The van der Waals surface area contributed by atoms with Gasteiger partial charge in [0, 0.05) is 0 Å². The third kappa shape index (κ3) is 6.04. The van der Waals surface area contributed by atoms with Crippen LogP contribution in [0.15, 0.2) is 78.4 Å². The SMILES string of the molecule is CCCc1ccc2c(c1-c1cc(C(C)(C)C)cc(C(C)(C)C)c1)C=C(C(C)CC)[CH]2[Zr]([Cl])([Cl])[c]1cccc2c1[SiH2]c1ccccc1-2. The number of halogens is 2. The number of benzene rings is 4. The molecule has 2 unspecified atom stereocenters. The van der Waals surface area contributed by atoms with Crippen molar-refractivity contribution in [1.29, 1.82) is 0 Å². The molecule has 0 aromatic heterocycles. The van der Waals surface area contributed by atoms with Crippen LogP contribution < -0.4 is 13.6 Å². The normalized spacial score (nSPS) is 17.1. The van der Waals surface area contributed by atoms with Crippen LogP contribution in [-0.4, -0.2) is 9.52 Å². The average molecular weight is 745 g/mol. The molecule has 1 aliphatic heterocycles. The van der Waals surface area contributed by atoms with Gasteiger partial charge in [0.05, 0.1) is 0 Å². The Morgan fingerprint density at radius 2 is 1.46 bits per heavy atom. The molecule has 0 saturated carbocycles. The van der Waals surface area contributed by atoms with E-state index in [9.17, 15) is 0 Å². The van der Waals surface area contributed by atoms with Gasteiger partial charge in [-0.3, -0.25) is 0 Å². The zero-order valence-electron chi connectivity index (χ0n) is 29.2. The predicted molar refractivity (Wildman–Crippen MR) is 204 cm³/mol. The van der Waals surface area contributed by atoms with Gasteiger partial charge in [-0.05, 0) is 0 Å². The zero-order valence-corrected chi connectivity index (χ0v) is 34.6. The van der Waals surface area contributed by atoms with E-state index in [0.29, 0.717) is 5.92 Å². The summed E-state index contributed by atoms with van der Waals surface area (Å²) in [5, 5.41) is 3.02. The van der Waals surface area contributed by atoms with Crippen molar-refractivity contribution < 1.29 is 17.9 Å². The first-order valence-electron chi connectivity index (χ1n) is 17.3. The van der Waals surface area contributed by atoms with E-state index >= 15 is 0 Å². The first-order chi connectivity index (χ1) is 21.7. The van der Waals surface area contributed by atoms with Crippen LogP contribution in [0.4, 0.5) is 0 Å². The van der Waals surface area contributed by atoms with Crippen LogP contribution in [-0.2, 0) is 35.1 Å². The molecule has 2 aliphatic rings. The molecule has 0 amide bonds. The summed E-state index contributed by atoms with van der Waals surface area (Å²) in [5.41, 5.74) is 14.0. The molecule has 240 valence electrons. The number of fused-ring (bicyclic) bond motifs is 4. The average Bonchev–Trinajstić information content (AvgIpc) is 3.59. The van der Waals surface area contributed by atoms with Crippen molar-refractivity contribution in [2.75, 3.05) is 0 Å². The molecule has 0 radical (unpaired) electrons. The summed E-state index contributed by atoms with van der Waals surface area (Å²) in [6, 6.07) is 28.0. The Kier molecular flexibility index (Phi) is 9.39. The third-order valence-electron chi connectivity index (χ3n) is 10.5. The number of hydrogen-bond donors (Lipinski definition) is 0. The van der Waals surface area contributed by atoms with Crippen LogP contribution in [0, 0.1) is 5.92 Å². The molecule has 0 N–H and O–H groups in total. The van der Waals surface area contributed by atoms with E-state index in [2.05, 4.69) is 141 Å². The van der Waals surface area contributed by atoms with Gasteiger partial charge in [0.15, 0.2) is 0 Å². The number of aryl methyl sites for hydroxylation is 1. The van der Waals surface area contributed by atoms with Crippen molar-refractivity contribution in [1.82, 2.24) is 0 Å². The Labute approximate surface area is 292 Å². The second-order valence-corrected chi connectivity index (χ2v) is 31.7. The summed E-state index contributed by atoms with van der Waals surface area (Å²) in [6.07, 6.45) is 5.77. The Morgan fingerprint density at radius 1 is 0.804 bits per heavy atom. The van der Waals surface area contributed by atoms with Gasteiger partial charge in [-0.15, -0.1) is 0 Å². The molecule has 0 spiro atoms. The molecular weight excluding hydrogens is 695 g/mol. The van der Waals surface area contributed by atoms with Gasteiger partial charge in [0.25, 0.3) is 0 Å². The number of allylic oxidation sites excluding steroid dienone is 1. The van der Waals surface area contributed by atoms with E-state index in [0.717, 1.165) is 19.3 Å². The second kappa shape index (κ2) is 12.6. The Bertz CT molecular complexity index is 1800. The minimum atomic E-state index is -4.08. The Hall–Kier alpha value is -1.70. The van der Waals surface area contributed by atoms with E-state index in [1.165, 1.54) is 69.3 Å². The second-order valence-electron chi connectivity index (χ2n) is 15.8. The van der Waals surface area contributed by atoms with Crippen molar-refractivity contribution in [2.24, 2.45) is 5.92 Å². The van der Waals surface area contributed by atoms with Crippen LogP contribution in [0.3, 0.4) is 0 Å². The quantitative estimate of drug-likeness (QED) is 0.146.